The Kier molecular flexibility index (Phi) is 4.53. The Hall–Kier alpha value is -3.17. The van der Waals surface area contributed by atoms with E-state index in [4.69, 9.17) is 18.6 Å². The molecule has 0 bridgehead atoms. The predicted molar refractivity (Wildman–Crippen MR) is 109 cm³/mol. The molecule has 8 nitrogen and oxygen atoms in total. The summed E-state index contributed by atoms with van der Waals surface area (Å²) in [7, 11) is 3.25. The highest BCUT2D eigenvalue weighted by atomic mass is 32.2. The molecule has 1 atom stereocenters. The number of oxazole rings is 1. The summed E-state index contributed by atoms with van der Waals surface area (Å²) in [5.41, 5.74) is 5.89. The van der Waals surface area contributed by atoms with Crippen LogP contribution in [-0.4, -0.2) is 34.4 Å². The summed E-state index contributed by atoms with van der Waals surface area (Å²) < 4.78 is 24.5. The molecule has 3 heterocycles. The molecule has 1 aliphatic rings. The topological polar surface area (TPSA) is 83.6 Å². The van der Waals surface area contributed by atoms with E-state index in [9.17, 15) is 0 Å². The van der Waals surface area contributed by atoms with Crippen molar-refractivity contribution in [1.82, 2.24) is 14.6 Å². The Balaban J connectivity index is 1.48. The van der Waals surface area contributed by atoms with Gasteiger partial charge in [0.05, 0.1) is 13.3 Å². The molecule has 29 heavy (non-hydrogen) atoms. The SMILES string of the molecule is COc1cc(OCc2ccccc2)c2nc(-c3cn4c(n3)SC(OC)N4)oc2c1. The molecule has 0 fully saturated rings. The largest absolute Gasteiger partial charge is 0.496 e. The number of imidazole rings is 1. The van der Waals surface area contributed by atoms with Gasteiger partial charge in [0.1, 0.15) is 18.1 Å². The van der Waals surface area contributed by atoms with Crippen LogP contribution < -0.4 is 14.9 Å². The molecule has 0 aliphatic carbocycles. The number of fused-ring (bicyclic) bond motifs is 2. The Morgan fingerprint density at radius 3 is 2.79 bits per heavy atom. The number of aromatic nitrogens is 3. The van der Waals surface area contributed by atoms with E-state index in [0.29, 0.717) is 40.8 Å². The molecule has 0 radical (unpaired) electrons. The van der Waals surface area contributed by atoms with Gasteiger partial charge in [-0.2, -0.15) is 0 Å². The molecule has 1 aliphatic heterocycles. The highest BCUT2D eigenvalue weighted by molar-refractivity contribution is 7.99. The average Bonchev–Trinajstić information content (AvgIpc) is 3.44. The number of rotatable bonds is 6. The fraction of sp³-hybridized carbons (Fsp3) is 0.200. The molecule has 148 valence electrons. The second-order valence-electron chi connectivity index (χ2n) is 6.36. The number of methoxy groups -OCH3 is 2. The van der Waals surface area contributed by atoms with Crippen molar-refractivity contribution in [3.63, 3.8) is 0 Å². The van der Waals surface area contributed by atoms with E-state index in [1.54, 1.807) is 25.0 Å². The van der Waals surface area contributed by atoms with Crippen LogP contribution in [0.25, 0.3) is 22.7 Å². The molecule has 1 unspecified atom stereocenters. The average molecular weight is 410 g/mol. The van der Waals surface area contributed by atoms with Gasteiger partial charge >= 0.3 is 0 Å². The number of ether oxygens (including phenoxy) is 3. The maximum Gasteiger partial charge on any atom is 0.248 e. The lowest BCUT2D eigenvalue weighted by Crippen LogP contribution is -2.19. The van der Waals surface area contributed by atoms with Crippen LogP contribution in [-0.2, 0) is 11.3 Å². The lowest BCUT2D eigenvalue weighted by atomic mass is 10.2. The van der Waals surface area contributed by atoms with Gasteiger partial charge in [0.25, 0.3) is 0 Å². The summed E-state index contributed by atoms with van der Waals surface area (Å²) >= 11 is 1.48. The van der Waals surface area contributed by atoms with Crippen molar-refractivity contribution in [2.24, 2.45) is 0 Å². The van der Waals surface area contributed by atoms with Crippen molar-refractivity contribution < 1.29 is 18.6 Å². The maximum absolute atomic E-state index is 6.03. The molecule has 2 aromatic heterocycles. The highest BCUT2D eigenvalue weighted by Gasteiger charge is 2.25. The molecule has 0 amide bonds. The molecule has 5 rings (SSSR count). The molecule has 1 N–H and O–H groups in total. The van der Waals surface area contributed by atoms with Crippen LogP contribution >= 0.6 is 11.8 Å². The third-order valence-electron chi connectivity index (χ3n) is 4.47. The summed E-state index contributed by atoms with van der Waals surface area (Å²) in [6, 6.07) is 13.6. The first-order valence-corrected chi connectivity index (χ1v) is 9.82. The molecule has 0 saturated heterocycles. The van der Waals surface area contributed by atoms with Gasteiger partial charge in [0.2, 0.25) is 5.89 Å². The molecule has 0 saturated carbocycles. The van der Waals surface area contributed by atoms with Crippen molar-refractivity contribution in [2.75, 3.05) is 19.6 Å². The van der Waals surface area contributed by atoms with Gasteiger partial charge in [-0.15, -0.1) is 0 Å². The Morgan fingerprint density at radius 2 is 2.03 bits per heavy atom. The highest BCUT2D eigenvalue weighted by Crippen LogP contribution is 2.36. The Bertz CT molecular complexity index is 1130. The first kappa shape index (κ1) is 17.9. The van der Waals surface area contributed by atoms with Gasteiger partial charge in [0, 0.05) is 19.2 Å². The van der Waals surface area contributed by atoms with Gasteiger partial charge in [-0.05, 0) is 17.3 Å². The van der Waals surface area contributed by atoms with E-state index in [0.717, 1.165) is 10.7 Å². The quantitative estimate of drug-likeness (QED) is 0.513. The van der Waals surface area contributed by atoms with E-state index in [-0.39, 0.29) is 5.56 Å². The molecular weight excluding hydrogens is 392 g/mol. The third-order valence-corrected chi connectivity index (χ3v) is 5.48. The summed E-state index contributed by atoms with van der Waals surface area (Å²) in [6.45, 7) is 0.420. The van der Waals surface area contributed by atoms with Crippen LogP contribution in [0.2, 0.25) is 0 Å². The van der Waals surface area contributed by atoms with Crippen molar-refractivity contribution >= 4 is 22.9 Å². The van der Waals surface area contributed by atoms with Gasteiger partial charge in [0.15, 0.2) is 27.6 Å². The van der Waals surface area contributed by atoms with Gasteiger partial charge in [-0.25, -0.2) is 14.6 Å². The predicted octanol–water partition coefficient (Wildman–Crippen LogP) is 3.86. The first-order chi connectivity index (χ1) is 14.2. The smallest absolute Gasteiger partial charge is 0.248 e. The Labute approximate surface area is 170 Å². The Morgan fingerprint density at radius 1 is 1.17 bits per heavy atom. The molecule has 2 aromatic carbocycles. The zero-order valence-corrected chi connectivity index (χ0v) is 16.6. The third kappa shape index (κ3) is 3.39. The number of hydrogen-bond acceptors (Lipinski definition) is 8. The van der Waals surface area contributed by atoms with Crippen molar-refractivity contribution in [2.45, 2.75) is 17.3 Å². The van der Waals surface area contributed by atoms with Crippen LogP contribution in [0.4, 0.5) is 0 Å². The van der Waals surface area contributed by atoms with E-state index in [2.05, 4.69) is 15.4 Å². The van der Waals surface area contributed by atoms with E-state index < -0.39 is 0 Å². The summed E-state index contributed by atoms with van der Waals surface area (Å²) in [5, 5.41) is 0.784. The van der Waals surface area contributed by atoms with Crippen LogP contribution in [0.15, 0.2) is 58.2 Å². The van der Waals surface area contributed by atoms with Crippen molar-refractivity contribution in [3.8, 4) is 23.1 Å². The van der Waals surface area contributed by atoms with Gasteiger partial charge < -0.3 is 18.6 Å². The maximum atomic E-state index is 6.03. The number of hydrogen-bond donors (Lipinski definition) is 1. The number of benzene rings is 2. The van der Waals surface area contributed by atoms with Crippen LogP contribution in [0.5, 0.6) is 11.5 Å². The van der Waals surface area contributed by atoms with Crippen LogP contribution in [0.1, 0.15) is 5.56 Å². The fourth-order valence-electron chi connectivity index (χ4n) is 3.03. The normalized spacial score (nSPS) is 15.3. The van der Waals surface area contributed by atoms with Crippen molar-refractivity contribution in [3.05, 3.63) is 54.2 Å². The monoisotopic (exact) mass is 410 g/mol. The fourth-order valence-corrected chi connectivity index (χ4v) is 3.85. The van der Waals surface area contributed by atoms with Crippen molar-refractivity contribution in [1.29, 1.82) is 0 Å². The number of thioether (sulfide) groups is 1. The lowest BCUT2D eigenvalue weighted by molar-refractivity contribution is 0.187. The molecule has 0 spiro atoms. The zero-order valence-electron chi connectivity index (χ0n) is 15.8. The minimum Gasteiger partial charge on any atom is -0.496 e. The van der Waals surface area contributed by atoms with E-state index in [1.807, 2.05) is 42.6 Å². The van der Waals surface area contributed by atoms with E-state index in [1.165, 1.54) is 11.8 Å². The molecular formula is C20H18N4O4S. The second-order valence-corrected chi connectivity index (χ2v) is 7.39. The van der Waals surface area contributed by atoms with E-state index >= 15 is 0 Å². The number of nitrogens with zero attached hydrogens (tertiary/aromatic N) is 3. The minimum atomic E-state index is -0.155. The molecule has 9 heteroatoms. The second kappa shape index (κ2) is 7.34. The standard InChI is InChI=1S/C20H18N4O4S/c1-25-13-8-15(27-11-12-6-4-3-5-7-12)17-16(9-13)28-18(22-17)14-10-24-19(21-14)29-20(23-24)26-2/h3-10,20,23H,11H2,1-2H3. The first-order valence-electron chi connectivity index (χ1n) is 8.94. The molecule has 4 aromatic rings. The zero-order chi connectivity index (χ0) is 19.8. The number of nitrogens with one attached hydrogen (secondary N) is 1. The lowest BCUT2D eigenvalue weighted by Gasteiger charge is -2.08. The van der Waals surface area contributed by atoms with Gasteiger partial charge in [-0.1, -0.05) is 30.3 Å². The van der Waals surface area contributed by atoms with Crippen LogP contribution in [0.3, 0.4) is 0 Å². The summed E-state index contributed by atoms with van der Waals surface area (Å²) in [6.07, 6.45) is 1.83. The minimum absolute atomic E-state index is 0.155. The van der Waals surface area contributed by atoms with Crippen LogP contribution in [0, 0.1) is 0 Å². The summed E-state index contributed by atoms with van der Waals surface area (Å²) in [4.78, 5) is 9.21. The van der Waals surface area contributed by atoms with Gasteiger partial charge in [-0.3, -0.25) is 5.43 Å². The summed E-state index contributed by atoms with van der Waals surface area (Å²) in [5.74, 6) is 1.64.